The first-order chi connectivity index (χ1) is 23.6. The molecule has 3 aromatic carbocycles. The molecule has 4 saturated heterocycles. The molecule has 5 aliphatic heterocycles. The second kappa shape index (κ2) is 10.9. The first kappa shape index (κ1) is 32.5. The number of carbonyl (C=O) groups is 4. The Labute approximate surface area is 292 Å². The van der Waals surface area contributed by atoms with E-state index in [0.717, 1.165) is 11.1 Å². The second-order valence-corrected chi connectivity index (χ2v) is 16.0. The number of rotatable bonds is 5. The van der Waals surface area contributed by atoms with E-state index >= 15 is 8.42 Å². The van der Waals surface area contributed by atoms with Gasteiger partial charge in [-0.25, -0.2) is 12.7 Å². The number of anilines is 1. The van der Waals surface area contributed by atoms with E-state index in [-0.39, 0.29) is 48.8 Å². The lowest BCUT2D eigenvalue weighted by atomic mass is 9.53. The normalized spacial score (nSPS) is 33.4. The molecular formula is C38H41N5O6S. The lowest BCUT2D eigenvalue weighted by Gasteiger charge is -2.50. The Bertz CT molecular complexity index is 2070. The number of carbonyl (C=O) groups excluding carboxylic acids is 4. The molecule has 260 valence electrons. The van der Waals surface area contributed by atoms with Crippen molar-refractivity contribution in [2.24, 2.45) is 0 Å². The van der Waals surface area contributed by atoms with Crippen LogP contribution in [-0.2, 0) is 46.5 Å². The van der Waals surface area contributed by atoms with Crippen LogP contribution in [0.4, 0.5) is 5.69 Å². The summed E-state index contributed by atoms with van der Waals surface area (Å²) in [6.45, 7) is 3.69. The van der Waals surface area contributed by atoms with E-state index in [0.29, 0.717) is 30.5 Å². The molecule has 6 aliphatic rings. The molecule has 2 N–H and O–H groups in total. The molecule has 50 heavy (non-hydrogen) atoms. The number of fused-ring (bicyclic) bond motifs is 11. The molecule has 1 unspecified atom stereocenters. The van der Waals surface area contributed by atoms with Gasteiger partial charge in [-0.2, -0.15) is 0 Å². The maximum absolute atomic E-state index is 15.0. The van der Waals surface area contributed by atoms with Gasteiger partial charge in [0, 0.05) is 11.5 Å². The summed E-state index contributed by atoms with van der Waals surface area (Å²) in [6, 6.07) is 19.7. The van der Waals surface area contributed by atoms with E-state index < -0.39 is 57.2 Å². The summed E-state index contributed by atoms with van der Waals surface area (Å²) < 4.78 is 31.5. The smallest absolute Gasteiger partial charge is 0.266 e. The van der Waals surface area contributed by atoms with Crippen LogP contribution in [0.2, 0.25) is 0 Å². The third kappa shape index (κ3) is 3.72. The van der Waals surface area contributed by atoms with E-state index in [9.17, 15) is 19.2 Å². The van der Waals surface area contributed by atoms with Gasteiger partial charge < -0.3 is 20.4 Å². The van der Waals surface area contributed by atoms with Crippen LogP contribution < -0.4 is 14.9 Å². The Morgan fingerprint density at radius 1 is 0.700 bits per heavy atom. The lowest BCUT2D eigenvalue weighted by molar-refractivity contribution is -0.149. The molecule has 0 spiro atoms. The summed E-state index contributed by atoms with van der Waals surface area (Å²) in [7, 11) is -4.31. The van der Waals surface area contributed by atoms with Gasteiger partial charge in [0.15, 0.2) is 0 Å². The number of nitrogens with one attached hydrogen (secondary N) is 2. The third-order valence-corrected chi connectivity index (χ3v) is 14.1. The van der Waals surface area contributed by atoms with Gasteiger partial charge in [-0.1, -0.05) is 81.9 Å². The molecule has 3 aromatic rings. The molecule has 0 bridgehead atoms. The summed E-state index contributed by atoms with van der Waals surface area (Å²) >= 11 is 0. The molecule has 0 saturated carbocycles. The Morgan fingerprint density at radius 2 is 1.24 bits per heavy atom. The predicted molar refractivity (Wildman–Crippen MR) is 185 cm³/mol. The van der Waals surface area contributed by atoms with Crippen LogP contribution in [-0.4, -0.2) is 78.2 Å². The maximum Gasteiger partial charge on any atom is 0.266 e. The quantitative estimate of drug-likeness (QED) is 0.422. The summed E-state index contributed by atoms with van der Waals surface area (Å²) in [5.41, 5.74) is 0.852. The van der Waals surface area contributed by atoms with Gasteiger partial charge in [-0.15, -0.1) is 0 Å². The van der Waals surface area contributed by atoms with Crippen molar-refractivity contribution in [1.29, 1.82) is 0 Å². The second-order valence-electron chi connectivity index (χ2n) is 14.2. The van der Waals surface area contributed by atoms with Crippen molar-refractivity contribution in [1.82, 2.24) is 20.4 Å². The molecule has 9 rings (SSSR count). The summed E-state index contributed by atoms with van der Waals surface area (Å²) in [5, 5.41) is 5.87. The number of nitrogens with zero attached hydrogens (tertiary/aromatic N) is 3. The van der Waals surface area contributed by atoms with Gasteiger partial charge in [0.25, 0.3) is 10.0 Å². The highest BCUT2D eigenvalue weighted by Crippen LogP contribution is 2.70. The predicted octanol–water partition coefficient (Wildman–Crippen LogP) is 2.98. The average Bonchev–Trinajstić information content (AvgIpc) is 3.82. The Balaban J connectivity index is 0.00000361. The Morgan fingerprint density at radius 3 is 1.90 bits per heavy atom. The van der Waals surface area contributed by atoms with E-state index in [1.165, 1.54) is 9.21 Å². The standard InChI is InChI=1S/C37H37N5O6S.CH4/c1-3-25-33(45)40-28(31(43)38-25)19-36(23-15-9-8-12-21(23)18-30(36)40)37-20-29-32(44)39-26(4-2)34(46)41(29)35(37)42(27-17-11-10-16-24(27)37)49(47,48)22-13-6-5-7-14-22;/h5-17,25-26,28-30,35H,3-4,18-20H2,1-2H3,(H,38,43)(H,39,44);1H4/t25-,26-,28-,29-,30-,35-,36-,37?;/m0./s1. The van der Waals surface area contributed by atoms with Crippen LogP contribution in [0.1, 0.15) is 63.6 Å². The molecule has 12 heteroatoms. The number of hydrogen-bond donors (Lipinski definition) is 2. The number of benzene rings is 3. The van der Waals surface area contributed by atoms with E-state index in [1.807, 2.05) is 50.2 Å². The topological polar surface area (TPSA) is 136 Å². The van der Waals surface area contributed by atoms with Gasteiger partial charge in [0.1, 0.15) is 30.3 Å². The molecule has 0 radical (unpaired) electrons. The highest BCUT2D eigenvalue weighted by Gasteiger charge is 2.79. The first-order valence-corrected chi connectivity index (χ1v) is 18.6. The number of hydrogen-bond acceptors (Lipinski definition) is 6. The zero-order chi connectivity index (χ0) is 34.0. The zero-order valence-electron chi connectivity index (χ0n) is 27.2. The highest BCUT2D eigenvalue weighted by molar-refractivity contribution is 7.92. The molecule has 8 atom stereocenters. The zero-order valence-corrected chi connectivity index (χ0v) is 28.0. The molecule has 11 nitrogen and oxygen atoms in total. The maximum atomic E-state index is 15.0. The third-order valence-electron chi connectivity index (χ3n) is 12.3. The van der Waals surface area contributed by atoms with Crippen molar-refractivity contribution in [3.63, 3.8) is 0 Å². The minimum atomic E-state index is -4.31. The molecule has 4 fully saturated rings. The van der Waals surface area contributed by atoms with Crippen molar-refractivity contribution < 1.29 is 27.6 Å². The van der Waals surface area contributed by atoms with Crippen molar-refractivity contribution in [2.75, 3.05) is 4.31 Å². The van der Waals surface area contributed by atoms with E-state index in [4.69, 9.17) is 0 Å². The summed E-state index contributed by atoms with van der Waals surface area (Å²) in [6.07, 6.45) is 0.450. The van der Waals surface area contributed by atoms with Crippen molar-refractivity contribution >= 4 is 39.3 Å². The van der Waals surface area contributed by atoms with Crippen LogP contribution in [0, 0.1) is 0 Å². The van der Waals surface area contributed by atoms with Crippen LogP contribution in [0.25, 0.3) is 0 Å². The van der Waals surface area contributed by atoms with Gasteiger partial charge >= 0.3 is 0 Å². The van der Waals surface area contributed by atoms with E-state index in [2.05, 4.69) is 10.6 Å². The van der Waals surface area contributed by atoms with Crippen molar-refractivity contribution in [2.45, 2.75) is 105 Å². The fourth-order valence-electron chi connectivity index (χ4n) is 10.5. The SMILES string of the molecule is C.CC[C@@H]1NC(=O)[C@@H]2C[C@]3(C45C[C@H]6C(=O)N[C@@H](CC)C(=O)N6[C@H]4N(S(=O)(=O)c4ccccc4)c4ccccc45)c4ccccc4C[C@@H]3N2C1=O. The van der Waals surface area contributed by atoms with Gasteiger partial charge in [-0.3, -0.25) is 19.2 Å². The molecule has 1 aliphatic carbocycles. The van der Waals surface area contributed by atoms with Crippen molar-refractivity contribution in [3.8, 4) is 0 Å². The van der Waals surface area contributed by atoms with Crippen molar-refractivity contribution in [3.05, 3.63) is 95.6 Å². The number of amides is 4. The monoisotopic (exact) mass is 695 g/mol. The summed E-state index contributed by atoms with van der Waals surface area (Å²) in [5.74, 6) is -1.06. The lowest BCUT2D eigenvalue weighted by Crippen LogP contribution is -2.68. The number of sulfonamides is 1. The van der Waals surface area contributed by atoms with E-state index in [1.54, 1.807) is 47.4 Å². The fraction of sp³-hybridized carbons (Fsp3) is 0.421. The number of para-hydroxylation sites is 1. The largest absolute Gasteiger partial charge is 0.343 e. The molecular weight excluding hydrogens is 655 g/mol. The van der Waals surface area contributed by atoms with Gasteiger partial charge in [0.05, 0.1) is 16.0 Å². The minimum Gasteiger partial charge on any atom is -0.343 e. The first-order valence-electron chi connectivity index (χ1n) is 17.1. The van der Waals surface area contributed by atoms with Gasteiger partial charge in [-0.05, 0) is 67.0 Å². The van der Waals surface area contributed by atoms with Crippen LogP contribution in [0.15, 0.2) is 83.8 Å². The molecule has 4 amide bonds. The van der Waals surface area contributed by atoms with Crippen LogP contribution in [0.3, 0.4) is 0 Å². The molecule has 0 aromatic heterocycles. The summed E-state index contributed by atoms with van der Waals surface area (Å²) in [4.78, 5) is 60.3. The highest BCUT2D eigenvalue weighted by atomic mass is 32.2. The van der Waals surface area contributed by atoms with Gasteiger partial charge in [0.2, 0.25) is 23.6 Å². The molecule has 5 heterocycles. The number of piperazine rings is 2. The fourth-order valence-corrected chi connectivity index (χ4v) is 12.2. The average molecular weight is 696 g/mol. The Hall–Kier alpha value is -4.71. The van der Waals surface area contributed by atoms with Crippen LogP contribution >= 0.6 is 0 Å². The van der Waals surface area contributed by atoms with Crippen LogP contribution in [0.5, 0.6) is 0 Å². The minimum absolute atomic E-state index is 0. The Kier molecular flexibility index (Phi) is 7.08.